The molecule has 1 aliphatic rings. The lowest BCUT2D eigenvalue weighted by Crippen LogP contribution is -2.28. The molecule has 1 nitrogen and oxygen atoms in total. The van der Waals surface area contributed by atoms with Gasteiger partial charge in [0, 0.05) is 0 Å². The van der Waals surface area contributed by atoms with Crippen LogP contribution in [0.15, 0.2) is 24.3 Å². The summed E-state index contributed by atoms with van der Waals surface area (Å²) in [5.74, 6) is 0. The molecule has 1 saturated carbocycles. The molecule has 0 saturated heterocycles. The zero-order valence-corrected chi connectivity index (χ0v) is 9.50. The van der Waals surface area contributed by atoms with Crippen molar-refractivity contribution >= 4 is 0 Å². The highest BCUT2D eigenvalue weighted by atomic mass is 16.3. The number of hydrogen-bond acceptors (Lipinski definition) is 1. The molecular weight excluding hydrogens is 184 g/mol. The summed E-state index contributed by atoms with van der Waals surface area (Å²) in [4.78, 5) is 0. The van der Waals surface area contributed by atoms with E-state index in [1.54, 1.807) is 0 Å². The zero-order valence-electron chi connectivity index (χ0n) is 9.50. The number of benzene rings is 1. The van der Waals surface area contributed by atoms with E-state index in [1.807, 2.05) is 0 Å². The van der Waals surface area contributed by atoms with Gasteiger partial charge in [-0.05, 0) is 30.4 Å². The summed E-state index contributed by atoms with van der Waals surface area (Å²) in [7, 11) is 0. The van der Waals surface area contributed by atoms with Gasteiger partial charge in [0.05, 0.1) is 5.60 Å². The Morgan fingerprint density at radius 2 is 1.67 bits per heavy atom. The maximum absolute atomic E-state index is 10.5. The maximum Gasteiger partial charge on any atom is 0.0896 e. The lowest BCUT2D eigenvalue weighted by molar-refractivity contribution is -0.000634. The van der Waals surface area contributed by atoms with Gasteiger partial charge in [0.25, 0.3) is 0 Å². The van der Waals surface area contributed by atoms with Gasteiger partial charge in [-0.3, -0.25) is 0 Å². The third-order valence-electron chi connectivity index (χ3n) is 3.58. The average Bonchev–Trinajstić information content (AvgIpc) is 2.30. The molecule has 0 atom stereocenters. The summed E-state index contributed by atoms with van der Waals surface area (Å²) in [6.07, 6.45) is 6.52. The van der Waals surface area contributed by atoms with Crippen LogP contribution in [0.2, 0.25) is 0 Å². The van der Waals surface area contributed by atoms with Gasteiger partial charge in [0.1, 0.15) is 0 Å². The van der Waals surface area contributed by atoms with Crippen LogP contribution in [-0.2, 0) is 12.0 Å². The van der Waals surface area contributed by atoms with E-state index in [0.717, 1.165) is 37.7 Å². The smallest absolute Gasteiger partial charge is 0.0896 e. The third-order valence-corrected chi connectivity index (χ3v) is 3.58. The normalized spacial score (nSPS) is 20.1. The van der Waals surface area contributed by atoms with E-state index in [4.69, 9.17) is 0 Å². The highest BCUT2D eigenvalue weighted by Gasteiger charge is 2.30. The molecule has 1 fully saturated rings. The molecule has 0 amide bonds. The minimum atomic E-state index is -0.537. The fourth-order valence-corrected chi connectivity index (χ4v) is 2.48. The standard InChI is InChI=1S/C14H20O/c1-2-12-6-8-13(9-7-12)14(15)10-4-3-5-11-14/h6-9,15H,2-5,10-11H2,1H3. The van der Waals surface area contributed by atoms with Crippen molar-refractivity contribution in [1.29, 1.82) is 0 Å². The largest absolute Gasteiger partial charge is 0.385 e. The van der Waals surface area contributed by atoms with Gasteiger partial charge in [0.15, 0.2) is 0 Å². The monoisotopic (exact) mass is 204 g/mol. The van der Waals surface area contributed by atoms with E-state index in [1.165, 1.54) is 12.0 Å². The minimum absolute atomic E-state index is 0.537. The van der Waals surface area contributed by atoms with Crippen molar-refractivity contribution in [3.8, 4) is 0 Å². The van der Waals surface area contributed by atoms with Gasteiger partial charge in [-0.15, -0.1) is 0 Å². The van der Waals surface area contributed by atoms with Crippen LogP contribution in [-0.4, -0.2) is 5.11 Å². The Labute approximate surface area is 92.1 Å². The van der Waals surface area contributed by atoms with E-state index < -0.39 is 5.60 Å². The van der Waals surface area contributed by atoms with Crippen LogP contribution in [0.4, 0.5) is 0 Å². The topological polar surface area (TPSA) is 20.2 Å². The van der Waals surface area contributed by atoms with Crippen LogP contribution in [0.5, 0.6) is 0 Å². The lowest BCUT2D eigenvalue weighted by atomic mass is 9.79. The molecule has 0 heterocycles. The minimum Gasteiger partial charge on any atom is -0.385 e. The highest BCUT2D eigenvalue weighted by molar-refractivity contribution is 5.27. The van der Waals surface area contributed by atoms with Gasteiger partial charge >= 0.3 is 0 Å². The summed E-state index contributed by atoms with van der Waals surface area (Å²) < 4.78 is 0. The number of hydrogen-bond donors (Lipinski definition) is 1. The van der Waals surface area contributed by atoms with Crippen LogP contribution < -0.4 is 0 Å². The van der Waals surface area contributed by atoms with Crippen LogP contribution in [0, 0.1) is 0 Å². The molecule has 0 bridgehead atoms. The van der Waals surface area contributed by atoms with Crippen molar-refractivity contribution in [2.24, 2.45) is 0 Å². The Hall–Kier alpha value is -0.820. The number of aryl methyl sites for hydroxylation is 1. The van der Waals surface area contributed by atoms with Crippen molar-refractivity contribution in [1.82, 2.24) is 0 Å². The molecule has 1 aromatic carbocycles. The maximum atomic E-state index is 10.5. The SMILES string of the molecule is CCc1ccc(C2(O)CCCCC2)cc1. The third kappa shape index (κ3) is 2.23. The second-order valence-electron chi connectivity index (χ2n) is 4.64. The molecule has 1 aliphatic carbocycles. The van der Waals surface area contributed by atoms with Gasteiger partial charge < -0.3 is 5.11 Å². The molecule has 0 unspecified atom stereocenters. The van der Waals surface area contributed by atoms with Crippen LogP contribution in [0.25, 0.3) is 0 Å². The van der Waals surface area contributed by atoms with Crippen molar-refractivity contribution in [3.63, 3.8) is 0 Å². The van der Waals surface area contributed by atoms with E-state index >= 15 is 0 Å². The van der Waals surface area contributed by atoms with E-state index in [-0.39, 0.29) is 0 Å². The van der Waals surface area contributed by atoms with Gasteiger partial charge in [-0.2, -0.15) is 0 Å². The van der Waals surface area contributed by atoms with E-state index in [9.17, 15) is 5.11 Å². The zero-order chi connectivity index (χ0) is 10.7. The van der Waals surface area contributed by atoms with Gasteiger partial charge in [-0.25, -0.2) is 0 Å². The summed E-state index contributed by atoms with van der Waals surface area (Å²) in [6, 6.07) is 8.48. The predicted octanol–water partition coefficient (Wildman–Crippen LogP) is 3.40. The van der Waals surface area contributed by atoms with Gasteiger partial charge in [0.2, 0.25) is 0 Å². The quantitative estimate of drug-likeness (QED) is 0.782. The predicted molar refractivity (Wildman–Crippen MR) is 62.8 cm³/mol. The molecule has 1 heteroatoms. The van der Waals surface area contributed by atoms with Crippen LogP contribution >= 0.6 is 0 Å². The summed E-state index contributed by atoms with van der Waals surface area (Å²) in [5, 5.41) is 10.5. The first-order valence-corrected chi connectivity index (χ1v) is 6.06. The summed E-state index contributed by atoms with van der Waals surface area (Å²) >= 11 is 0. The Bertz CT molecular complexity index is 307. The molecule has 0 radical (unpaired) electrons. The Morgan fingerprint density at radius 3 is 2.20 bits per heavy atom. The Morgan fingerprint density at radius 1 is 1.07 bits per heavy atom. The highest BCUT2D eigenvalue weighted by Crippen LogP contribution is 2.36. The van der Waals surface area contributed by atoms with Crippen LogP contribution in [0.3, 0.4) is 0 Å². The molecule has 1 N–H and O–H groups in total. The first kappa shape index (κ1) is 10.7. The van der Waals surface area contributed by atoms with Crippen molar-refractivity contribution in [3.05, 3.63) is 35.4 Å². The first-order valence-electron chi connectivity index (χ1n) is 6.06. The summed E-state index contributed by atoms with van der Waals surface area (Å²) in [6.45, 7) is 2.16. The Kier molecular flexibility index (Phi) is 3.11. The van der Waals surface area contributed by atoms with Crippen LogP contribution in [0.1, 0.15) is 50.2 Å². The lowest BCUT2D eigenvalue weighted by Gasteiger charge is -2.32. The molecule has 0 spiro atoms. The van der Waals surface area contributed by atoms with Crippen molar-refractivity contribution in [2.75, 3.05) is 0 Å². The van der Waals surface area contributed by atoms with Crippen molar-refractivity contribution < 1.29 is 5.11 Å². The molecule has 0 aliphatic heterocycles. The second-order valence-corrected chi connectivity index (χ2v) is 4.64. The Balaban J connectivity index is 2.20. The van der Waals surface area contributed by atoms with Crippen molar-refractivity contribution in [2.45, 2.75) is 51.0 Å². The molecule has 1 aromatic rings. The van der Waals surface area contributed by atoms with E-state index in [0.29, 0.717) is 0 Å². The molecule has 82 valence electrons. The summed E-state index contributed by atoms with van der Waals surface area (Å²) in [5.41, 5.74) is 1.92. The van der Waals surface area contributed by atoms with Gasteiger partial charge in [-0.1, -0.05) is 50.5 Å². The molecule has 15 heavy (non-hydrogen) atoms. The fourth-order valence-electron chi connectivity index (χ4n) is 2.48. The second kappa shape index (κ2) is 4.36. The molecule has 0 aromatic heterocycles. The number of rotatable bonds is 2. The molecular formula is C14H20O. The average molecular weight is 204 g/mol. The fraction of sp³-hybridized carbons (Fsp3) is 0.571. The number of aliphatic hydroxyl groups is 1. The van der Waals surface area contributed by atoms with E-state index in [2.05, 4.69) is 31.2 Å². The first-order chi connectivity index (χ1) is 7.24. The molecule has 2 rings (SSSR count).